The van der Waals surface area contributed by atoms with Gasteiger partial charge < -0.3 is 5.32 Å². The molecule has 0 bridgehead atoms. The third-order valence-corrected chi connectivity index (χ3v) is 3.24. The van der Waals surface area contributed by atoms with Crippen molar-refractivity contribution in [2.75, 3.05) is 5.32 Å². The lowest BCUT2D eigenvalue weighted by atomic mass is 10.1. The molecule has 0 fully saturated rings. The molecule has 2 aromatic rings. The molecule has 2 rings (SSSR count). The molecule has 0 radical (unpaired) electrons. The van der Waals surface area contributed by atoms with Crippen molar-refractivity contribution in [2.24, 2.45) is 0 Å². The second-order valence-electron chi connectivity index (χ2n) is 4.26. The standard InChI is InChI=1S/C15H16ClN/c1-11-5-3-6-13(9-11)10-17-15-8-4-7-14(16)12(15)2/h3-9,17H,10H2,1-2H3. The maximum atomic E-state index is 6.08. The van der Waals surface area contributed by atoms with Gasteiger partial charge in [0.1, 0.15) is 0 Å². The van der Waals surface area contributed by atoms with E-state index < -0.39 is 0 Å². The lowest BCUT2D eigenvalue weighted by Gasteiger charge is -2.11. The van der Waals surface area contributed by atoms with Gasteiger partial charge in [0.25, 0.3) is 0 Å². The first kappa shape index (κ1) is 12.0. The van der Waals surface area contributed by atoms with Crippen LogP contribution in [0.5, 0.6) is 0 Å². The molecule has 0 saturated carbocycles. The lowest BCUT2D eigenvalue weighted by Crippen LogP contribution is -2.01. The fraction of sp³-hybridized carbons (Fsp3) is 0.200. The molecule has 0 saturated heterocycles. The zero-order valence-electron chi connectivity index (χ0n) is 10.1. The van der Waals surface area contributed by atoms with Crippen molar-refractivity contribution in [2.45, 2.75) is 20.4 Å². The van der Waals surface area contributed by atoms with Crippen LogP contribution in [0.1, 0.15) is 16.7 Å². The highest BCUT2D eigenvalue weighted by molar-refractivity contribution is 6.31. The van der Waals surface area contributed by atoms with E-state index in [2.05, 4.69) is 42.6 Å². The number of hydrogen-bond acceptors (Lipinski definition) is 1. The van der Waals surface area contributed by atoms with E-state index >= 15 is 0 Å². The SMILES string of the molecule is Cc1cccc(CNc2cccc(Cl)c2C)c1. The highest BCUT2D eigenvalue weighted by atomic mass is 35.5. The van der Waals surface area contributed by atoms with Gasteiger partial charge in [-0.15, -0.1) is 0 Å². The second kappa shape index (κ2) is 5.24. The number of hydrogen-bond donors (Lipinski definition) is 1. The Balaban J connectivity index is 2.10. The normalized spacial score (nSPS) is 10.3. The van der Waals surface area contributed by atoms with Crippen molar-refractivity contribution in [3.63, 3.8) is 0 Å². The van der Waals surface area contributed by atoms with Crippen LogP contribution in [0.2, 0.25) is 5.02 Å². The number of aryl methyl sites for hydroxylation is 1. The average Bonchev–Trinajstić information content (AvgIpc) is 2.31. The molecule has 17 heavy (non-hydrogen) atoms. The first-order valence-electron chi connectivity index (χ1n) is 5.71. The Morgan fingerprint density at radius 2 is 1.82 bits per heavy atom. The molecule has 2 heteroatoms. The van der Waals surface area contributed by atoms with Crippen molar-refractivity contribution in [1.82, 2.24) is 0 Å². The minimum absolute atomic E-state index is 0.805. The van der Waals surface area contributed by atoms with E-state index in [0.29, 0.717) is 0 Å². The Hall–Kier alpha value is -1.47. The largest absolute Gasteiger partial charge is 0.381 e. The van der Waals surface area contributed by atoms with Gasteiger partial charge in [-0.3, -0.25) is 0 Å². The molecule has 88 valence electrons. The fourth-order valence-electron chi connectivity index (χ4n) is 1.82. The monoisotopic (exact) mass is 245 g/mol. The quantitative estimate of drug-likeness (QED) is 0.835. The molecule has 0 aliphatic heterocycles. The van der Waals surface area contributed by atoms with Gasteiger partial charge in [0.15, 0.2) is 0 Å². The summed E-state index contributed by atoms with van der Waals surface area (Å²) >= 11 is 6.08. The van der Waals surface area contributed by atoms with Crippen LogP contribution in [0.15, 0.2) is 42.5 Å². The van der Waals surface area contributed by atoms with Crippen LogP contribution in [0, 0.1) is 13.8 Å². The summed E-state index contributed by atoms with van der Waals surface area (Å²) in [7, 11) is 0. The van der Waals surface area contributed by atoms with Crippen molar-refractivity contribution in [1.29, 1.82) is 0 Å². The Morgan fingerprint density at radius 1 is 1.06 bits per heavy atom. The number of anilines is 1. The molecule has 0 aliphatic carbocycles. The first-order valence-corrected chi connectivity index (χ1v) is 6.09. The van der Waals surface area contributed by atoms with Crippen molar-refractivity contribution in [3.8, 4) is 0 Å². The molecule has 0 amide bonds. The summed E-state index contributed by atoms with van der Waals surface area (Å²) in [4.78, 5) is 0. The Bertz CT molecular complexity index is 520. The highest BCUT2D eigenvalue weighted by Crippen LogP contribution is 2.23. The van der Waals surface area contributed by atoms with Crippen molar-refractivity contribution < 1.29 is 0 Å². The van der Waals surface area contributed by atoms with E-state index in [1.54, 1.807) is 0 Å². The number of benzene rings is 2. The molecule has 1 N–H and O–H groups in total. The van der Waals surface area contributed by atoms with Crippen LogP contribution >= 0.6 is 11.6 Å². The summed E-state index contributed by atoms with van der Waals surface area (Å²) in [6, 6.07) is 14.4. The smallest absolute Gasteiger partial charge is 0.0455 e. The van der Waals surface area contributed by atoms with Crippen LogP contribution in [-0.2, 0) is 6.54 Å². The van der Waals surface area contributed by atoms with Gasteiger partial charge in [-0.05, 0) is 37.1 Å². The van der Waals surface area contributed by atoms with Crippen molar-refractivity contribution >= 4 is 17.3 Å². The molecule has 0 aromatic heterocycles. The minimum atomic E-state index is 0.805. The van der Waals surface area contributed by atoms with Gasteiger partial charge in [-0.25, -0.2) is 0 Å². The van der Waals surface area contributed by atoms with E-state index in [4.69, 9.17) is 11.6 Å². The predicted molar refractivity (Wildman–Crippen MR) is 74.7 cm³/mol. The minimum Gasteiger partial charge on any atom is -0.381 e. The number of nitrogens with one attached hydrogen (secondary N) is 1. The molecule has 1 nitrogen and oxygen atoms in total. The van der Waals surface area contributed by atoms with Crippen LogP contribution in [0.25, 0.3) is 0 Å². The molecule has 0 aliphatic rings. The number of halogens is 1. The third-order valence-electron chi connectivity index (χ3n) is 2.83. The molecule has 0 atom stereocenters. The van der Waals surface area contributed by atoms with Gasteiger partial charge >= 0.3 is 0 Å². The molecular weight excluding hydrogens is 230 g/mol. The summed E-state index contributed by atoms with van der Waals surface area (Å²) < 4.78 is 0. The Morgan fingerprint density at radius 3 is 2.59 bits per heavy atom. The van der Waals surface area contributed by atoms with Gasteiger partial charge in [0, 0.05) is 17.3 Å². The Labute approximate surface area is 107 Å². The van der Waals surface area contributed by atoms with E-state index in [1.807, 2.05) is 19.1 Å². The van der Waals surface area contributed by atoms with Crippen LogP contribution in [0.4, 0.5) is 5.69 Å². The Kier molecular flexibility index (Phi) is 3.70. The molecule has 0 spiro atoms. The van der Waals surface area contributed by atoms with E-state index in [9.17, 15) is 0 Å². The van der Waals surface area contributed by atoms with Crippen LogP contribution in [-0.4, -0.2) is 0 Å². The second-order valence-corrected chi connectivity index (χ2v) is 4.66. The van der Waals surface area contributed by atoms with Crippen LogP contribution < -0.4 is 5.32 Å². The van der Waals surface area contributed by atoms with E-state index in [-0.39, 0.29) is 0 Å². The predicted octanol–water partition coefficient (Wildman–Crippen LogP) is 4.57. The first-order chi connectivity index (χ1) is 8.16. The van der Waals surface area contributed by atoms with E-state index in [0.717, 1.165) is 22.8 Å². The maximum Gasteiger partial charge on any atom is 0.0455 e. The highest BCUT2D eigenvalue weighted by Gasteiger charge is 2.01. The molecule has 2 aromatic carbocycles. The maximum absolute atomic E-state index is 6.08. The molecule has 0 heterocycles. The average molecular weight is 246 g/mol. The summed E-state index contributed by atoms with van der Waals surface area (Å²) in [6.45, 7) is 4.96. The number of rotatable bonds is 3. The summed E-state index contributed by atoms with van der Waals surface area (Å²) in [5, 5.41) is 4.22. The zero-order valence-corrected chi connectivity index (χ0v) is 10.9. The van der Waals surface area contributed by atoms with Gasteiger partial charge in [0.05, 0.1) is 0 Å². The topological polar surface area (TPSA) is 12.0 Å². The summed E-state index contributed by atoms with van der Waals surface area (Å²) in [5.41, 5.74) is 4.76. The van der Waals surface area contributed by atoms with Crippen molar-refractivity contribution in [3.05, 3.63) is 64.2 Å². The van der Waals surface area contributed by atoms with Gasteiger partial charge in [0.2, 0.25) is 0 Å². The van der Waals surface area contributed by atoms with Gasteiger partial charge in [-0.2, -0.15) is 0 Å². The summed E-state index contributed by atoms with van der Waals surface area (Å²) in [6.07, 6.45) is 0. The molecule has 0 unspecified atom stereocenters. The van der Waals surface area contributed by atoms with E-state index in [1.165, 1.54) is 11.1 Å². The molecular formula is C15H16ClN. The van der Waals surface area contributed by atoms with Crippen LogP contribution in [0.3, 0.4) is 0 Å². The lowest BCUT2D eigenvalue weighted by molar-refractivity contribution is 1.13. The zero-order chi connectivity index (χ0) is 12.3. The fourth-order valence-corrected chi connectivity index (χ4v) is 1.99. The van der Waals surface area contributed by atoms with Gasteiger partial charge in [-0.1, -0.05) is 47.5 Å². The summed E-state index contributed by atoms with van der Waals surface area (Å²) in [5.74, 6) is 0. The third kappa shape index (κ3) is 3.01.